The fraction of sp³-hybridized carbons (Fsp3) is 0.300. The van der Waals surface area contributed by atoms with Crippen molar-refractivity contribution < 1.29 is 4.79 Å². The fourth-order valence-electron chi connectivity index (χ4n) is 1.44. The monoisotopic (exact) mass is 178 g/mol. The molecule has 0 aliphatic carbocycles. The van der Waals surface area contributed by atoms with Crippen LogP contribution in [0.4, 0.5) is 0 Å². The maximum absolute atomic E-state index is 11.0. The number of carbonyl (C=O) groups is 1. The van der Waals surface area contributed by atoms with Gasteiger partial charge in [-0.1, -0.05) is 19.1 Å². The lowest BCUT2D eigenvalue weighted by atomic mass is 9.99. The van der Waals surface area contributed by atoms with E-state index in [4.69, 9.17) is 11.5 Å². The Labute approximate surface area is 77.7 Å². The summed E-state index contributed by atoms with van der Waals surface area (Å²) in [4.78, 5) is 11.0. The van der Waals surface area contributed by atoms with Crippen LogP contribution >= 0.6 is 0 Å². The van der Waals surface area contributed by atoms with Crippen LogP contribution in [-0.4, -0.2) is 5.91 Å². The van der Waals surface area contributed by atoms with Crippen LogP contribution in [0.15, 0.2) is 18.2 Å². The average Bonchev–Trinajstić information content (AvgIpc) is 2.16. The third kappa shape index (κ3) is 1.87. The molecule has 3 nitrogen and oxygen atoms in total. The van der Waals surface area contributed by atoms with Crippen molar-refractivity contribution in [1.29, 1.82) is 0 Å². The van der Waals surface area contributed by atoms with Gasteiger partial charge in [0.15, 0.2) is 0 Å². The van der Waals surface area contributed by atoms with Crippen LogP contribution in [0.2, 0.25) is 0 Å². The molecule has 13 heavy (non-hydrogen) atoms. The maximum Gasteiger partial charge on any atom is 0.249 e. The number of amides is 1. The van der Waals surface area contributed by atoms with Gasteiger partial charge in [0.1, 0.15) is 0 Å². The molecule has 1 amide bonds. The van der Waals surface area contributed by atoms with Gasteiger partial charge in [0.2, 0.25) is 5.91 Å². The van der Waals surface area contributed by atoms with E-state index in [0.29, 0.717) is 12.1 Å². The Morgan fingerprint density at radius 3 is 2.62 bits per heavy atom. The number of primary amides is 1. The van der Waals surface area contributed by atoms with Gasteiger partial charge < -0.3 is 11.5 Å². The third-order valence-electron chi connectivity index (χ3n) is 2.12. The highest BCUT2D eigenvalue weighted by Gasteiger charge is 2.09. The van der Waals surface area contributed by atoms with Crippen LogP contribution in [0.3, 0.4) is 0 Å². The summed E-state index contributed by atoms with van der Waals surface area (Å²) in [6.07, 6.45) is 0.869. The van der Waals surface area contributed by atoms with Crippen LogP contribution in [0, 0.1) is 0 Å². The highest BCUT2D eigenvalue weighted by Crippen LogP contribution is 2.14. The summed E-state index contributed by atoms with van der Waals surface area (Å²) in [6.45, 7) is 2.39. The van der Waals surface area contributed by atoms with Gasteiger partial charge in [0.05, 0.1) is 0 Å². The van der Waals surface area contributed by atoms with Crippen molar-refractivity contribution in [2.45, 2.75) is 19.9 Å². The molecule has 0 unspecified atom stereocenters. The van der Waals surface area contributed by atoms with Crippen LogP contribution < -0.4 is 11.5 Å². The summed E-state index contributed by atoms with van der Waals surface area (Å²) < 4.78 is 0. The third-order valence-corrected chi connectivity index (χ3v) is 2.12. The Kier molecular flexibility index (Phi) is 3.03. The van der Waals surface area contributed by atoms with Crippen molar-refractivity contribution in [3.8, 4) is 0 Å². The molecule has 3 heteroatoms. The van der Waals surface area contributed by atoms with Crippen LogP contribution in [0.5, 0.6) is 0 Å². The average molecular weight is 178 g/mol. The number of rotatable bonds is 3. The molecule has 1 rings (SSSR count). The van der Waals surface area contributed by atoms with Gasteiger partial charge in [-0.25, -0.2) is 0 Å². The van der Waals surface area contributed by atoms with Crippen molar-refractivity contribution >= 4 is 5.91 Å². The zero-order chi connectivity index (χ0) is 9.84. The molecule has 70 valence electrons. The number of carbonyl (C=O) groups excluding carboxylic acids is 1. The zero-order valence-corrected chi connectivity index (χ0v) is 7.71. The highest BCUT2D eigenvalue weighted by molar-refractivity contribution is 5.94. The van der Waals surface area contributed by atoms with Gasteiger partial charge in [0, 0.05) is 12.1 Å². The van der Waals surface area contributed by atoms with Gasteiger partial charge in [-0.2, -0.15) is 0 Å². The van der Waals surface area contributed by atoms with Crippen LogP contribution in [0.25, 0.3) is 0 Å². The topological polar surface area (TPSA) is 69.1 Å². The Morgan fingerprint density at radius 1 is 1.46 bits per heavy atom. The van der Waals surface area contributed by atoms with E-state index in [2.05, 4.69) is 0 Å². The Hall–Kier alpha value is -1.35. The molecule has 0 aliphatic rings. The molecule has 0 saturated carbocycles. The number of hydrogen-bond acceptors (Lipinski definition) is 2. The molecule has 0 bridgehead atoms. The molecule has 0 fully saturated rings. The molecule has 0 atom stereocenters. The minimum atomic E-state index is -0.407. The quantitative estimate of drug-likeness (QED) is 0.719. The van der Waals surface area contributed by atoms with E-state index in [1.807, 2.05) is 19.1 Å². The fourth-order valence-corrected chi connectivity index (χ4v) is 1.44. The van der Waals surface area contributed by atoms with Crippen LogP contribution in [-0.2, 0) is 13.0 Å². The smallest absolute Gasteiger partial charge is 0.249 e. The lowest BCUT2D eigenvalue weighted by Gasteiger charge is -2.08. The van der Waals surface area contributed by atoms with Gasteiger partial charge in [-0.3, -0.25) is 4.79 Å². The molecule has 0 aliphatic heterocycles. The first kappa shape index (κ1) is 9.74. The van der Waals surface area contributed by atoms with Gasteiger partial charge in [-0.05, 0) is 23.6 Å². The number of nitrogens with two attached hydrogens (primary N) is 2. The SMILES string of the molecule is CCc1cccc(C(N)=O)c1CN. The molecule has 0 saturated heterocycles. The molecular formula is C10H14N2O. The summed E-state index contributed by atoms with van der Waals surface area (Å²) in [7, 11) is 0. The van der Waals surface area contributed by atoms with E-state index in [1.54, 1.807) is 6.07 Å². The molecule has 0 radical (unpaired) electrons. The molecule has 0 heterocycles. The minimum Gasteiger partial charge on any atom is -0.366 e. The summed E-state index contributed by atoms with van der Waals surface area (Å²) >= 11 is 0. The Bertz CT molecular complexity index is 321. The largest absolute Gasteiger partial charge is 0.366 e. The van der Waals surface area contributed by atoms with Gasteiger partial charge in [0.25, 0.3) is 0 Å². The number of hydrogen-bond donors (Lipinski definition) is 2. The first-order valence-corrected chi connectivity index (χ1v) is 4.31. The van der Waals surface area contributed by atoms with Crippen molar-refractivity contribution in [2.24, 2.45) is 11.5 Å². The summed E-state index contributed by atoms with van der Waals surface area (Å²) in [5.74, 6) is -0.407. The lowest BCUT2D eigenvalue weighted by Crippen LogP contribution is -2.16. The second-order valence-electron chi connectivity index (χ2n) is 2.87. The maximum atomic E-state index is 11.0. The summed E-state index contributed by atoms with van der Waals surface area (Å²) in [5.41, 5.74) is 13.3. The normalized spacial score (nSPS) is 10.0. The lowest BCUT2D eigenvalue weighted by molar-refractivity contribution is 0.0999. The summed E-state index contributed by atoms with van der Waals surface area (Å²) in [5, 5.41) is 0. The van der Waals surface area contributed by atoms with Crippen molar-refractivity contribution in [2.75, 3.05) is 0 Å². The predicted octanol–water partition coefficient (Wildman–Crippen LogP) is 0.807. The van der Waals surface area contributed by atoms with E-state index in [-0.39, 0.29) is 0 Å². The predicted molar refractivity (Wildman–Crippen MR) is 52.2 cm³/mol. The molecule has 0 spiro atoms. The Balaban J connectivity index is 3.27. The van der Waals surface area contributed by atoms with Crippen molar-refractivity contribution in [3.05, 3.63) is 34.9 Å². The summed E-state index contributed by atoms with van der Waals surface area (Å²) in [6, 6.07) is 5.51. The standard InChI is InChI=1S/C10H14N2O/c1-2-7-4-3-5-8(10(12)13)9(7)6-11/h3-5H,2,6,11H2,1H3,(H2,12,13). The van der Waals surface area contributed by atoms with E-state index in [1.165, 1.54) is 0 Å². The van der Waals surface area contributed by atoms with E-state index in [0.717, 1.165) is 17.5 Å². The molecular weight excluding hydrogens is 164 g/mol. The second kappa shape index (κ2) is 4.05. The highest BCUT2D eigenvalue weighted by atomic mass is 16.1. The minimum absolute atomic E-state index is 0.363. The molecule has 1 aromatic carbocycles. The molecule has 0 aromatic heterocycles. The first-order chi connectivity index (χ1) is 6.20. The van der Waals surface area contributed by atoms with E-state index >= 15 is 0 Å². The Morgan fingerprint density at radius 2 is 2.15 bits per heavy atom. The molecule has 4 N–H and O–H groups in total. The van der Waals surface area contributed by atoms with Crippen molar-refractivity contribution in [1.82, 2.24) is 0 Å². The zero-order valence-electron chi connectivity index (χ0n) is 7.71. The second-order valence-corrected chi connectivity index (χ2v) is 2.87. The van der Waals surface area contributed by atoms with E-state index in [9.17, 15) is 4.79 Å². The van der Waals surface area contributed by atoms with Crippen molar-refractivity contribution in [3.63, 3.8) is 0 Å². The number of benzene rings is 1. The van der Waals surface area contributed by atoms with E-state index < -0.39 is 5.91 Å². The molecule has 1 aromatic rings. The van der Waals surface area contributed by atoms with Gasteiger partial charge in [-0.15, -0.1) is 0 Å². The van der Waals surface area contributed by atoms with Crippen LogP contribution in [0.1, 0.15) is 28.4 Å². The first-order valence-electron chi connectivity index (χ1n) is 4.31. The van der Waals surface area contributed by atoms with Gasteiger partial charge >= 0.3 is 0 Å². The number of aryl methyl sites for hydroxylation is 1.